The largest absolute Gasteiger partial charge is 0.450 e. The molecule has 7 nitrogen and oxygen atoms in total. The molecular formula is C19H20N2O5. The van der Waals surface area contributed by atoms with Crippen LogP contribution in [0.15, 0.2) is 28.7 Å². The number of nitrogens with zero attached hydrogens (tertiary/aromatic N) is 1. The molecule has 1 amide bonds. The molecule has 1 aliphatic rings. The van der Waals surface area contributed by atoms with E-state index in [0.29, 0.717) is 11.1 Å². The van der Waals surface area contributed by atoms with Gasteiger partial charge >= 0.3 is 5.97 Å². The number of amides is 1. The molecular weight excluding hydrogens is 336 g/mol. The summed E-state index contributed by atoms with van der Waals surface area (Å²) in [6.45, 7) is 1.38. The lowest BCUT2D eigenvalue weighted by Crippen LogP contribution is -2.48. The molecule has 0 radical (unpaired) electrons. The number of ether oxygens (including phenoxy) is 2. The van der Waals surface area contributed by atoms with Crippen molar-refractivity contribution in [2.75, 3.05) is 13.7 Å². The van der Waals surface area contributed by atoms with E-state index in [1.165, 1.54) is 7.11 Å². The van der Waals surface area contributed by atoms with Gasteiger partial charge in [-0.2, -0.15) is 5.26 Å². The van der Waals surface area contributed by atoms with Crippen LogP contribution < -0.4 is 5.32 Å². The third-order valence-electron chi connectivity index (χ3n) is 4.53. The molecule has 3 rings (SSSR count). The first-order valence-corrected chi connectivity index (χ1v) is 8.37. The quantitative estimate of drug-likeness (QED) is 0.765. The fourth-order valence-corrected chi connectivity index (χ4v) is 2.96. The Balaban J connectivity index is 1.68. The maximum Gasteiger partial charge on any atom is 0.375 e. The van der Waals surface area contributed by atoms with E-state index in [0.717, 1.165) is 18.2 Å². The van der Waals surface area contributed by atoms with Crippen LogP contribution in [0.2, 0.25) is 0 Å². The molecule has 26 heavy (non-hydrogen) atoms. The second-order valence-electron chi connectivity index (χ2n) is 6.55. The van der Waals surface area contributed by atoms with Gasteiger partial charge in [0.05, 0.1) is 12.7 Å². The van der Waals surface area contributed by atoms with E-state index in [1.54, 1.807) is 19.1 Å². The van der Waals surface area contributed by atoms with Crippen molar-refractivity contribution in [3.8, 4) is 6.07 Å². The summed E-state index contributed by atoms with van der Waals surface area (Å²) >= 11 is 0. The highest BCUT2D eigenvalue weighted by molar-refractivity contribution is 5.96. The van der Waals surface area contributed by atoms with Gasteiger partial charge in [0, 0.05) is 18.1 Å². The van der Waals surface area contributed by atoms with Crippen LogP contribution in [0, 0.1) is 17.2 Å². The lowest BCUT2D eigenvalue weighted by atomic mass is 9.98. The van der Waals surface area contributed by atoms with E-state index in [4.69, 9.17) is 13.9 Å². The molecule has 0 unspecified atom stereocenters. The van der Waals surface area contributed by atoms with Gasteiger partial charge in [-0.3, -0.25) is 4.79 Å². The van der Waals surface area contributed by atoms with Crippen LogP contribution >= 0.6 is 0 Å². The Morgan fingerprint density at radius 1 is 1.38 bits per heavy atom. The Kier molecular flexibility index (Phi) is 4.96. The minimum atomic E-state index is -0.927. The molecule has 1 atom stereocenters. The van der Waals surface area contributed by atoms with Crippen molar-refractivity contribution in [2.45, 2.75) is 31.9 Å². The number of carbonyl (C=O) groups excluding carboxylic acids is 2. The van der Waals surface area contributed by atoms with Crippen LogP contribution in [0.25, 0.3) is 11.0 Å². The lowest BCUT2D eigenvalue weighted by Gasteiger charge is -2.22. The van der Waals surface area contributed by atoms with Gasteiger partial charge in [0.1, 0.15) is 11.1 Å². The SMILES string of the molecule is COCc1c(C(=O)OCC(=O)N[C@](C)(C#N)C2CC2)oc2ccccc12. The summed E-state index contributed by atoms with van der Waals surface area (Å²) in [5, 5.41) is 12.7. The van der Waals surface area contributed by atoms with Crippen LogP contribution in [0.5, 0.6) is 0 Å². The van der Waals surface area contributed by atoms with Gasteiger partial charge in [0.15, 0.2) is 6.61 Å². The standard InChI is InChI=1S/C19H20N2O5/c1-19(11-20,12-7-8-12)21-16(22)10-25-18(23)17-14(9-24-2)13-5-3-4-6-15(13)26-17/h3-6,12H,7-10H2,1-2H3,(H,21,22)/t19-/m1/s1. The normalized spacial score (nSPS) is 15.9. The van der Waals surface area contributed by atoms with Crippen molar-refractivity contribution >= 4 is 22.8 Å². The highest BCUT2D eigenvalue weighted by Crippen LogP contribution is 2.39. The zero-order chi connectivity index (χ0) is 18.7. The fourth-order valence-electron chi connectivity index (χ4n) is 2.96. The highest BCUT2D eigenvalue weighted by Gasteiger charge is 2.43. The number of nitriles is 1. The summed E-state index contributed by atoms with van der Waals surface area (Å²) < 4.78 is 15.8. The number of rotatable bonds is 7. The molecule has 1 aliphatic carbocycles. The predicted molar refractivity (Wildman–Crippen MR) is 92.1 cm³/mol. The number of hydrogen-bond donors (Lipinski definition) is 1. The summed E-state index contributed by atoms with van der Waals surface area (Å²) in [5.41, 5.74) is 0.194. The maximum absolute atomic E-state index is 12.4. The number of benzene rings is 1. The van der Waals surface area contributed by atoms with Gasteiger partial charge in [0.2, 0.25) is 5.76 Å². The number of nitrogens with one attached hydrogen (secondary N) is 1. The summed E-state index contributed by atoms with van der Waals surface area (Å²) in [6.07, 6.45) is 1.81. The van der Waals surface area contributed by atoms with E-state index in [1.807, 2.05) is 12.1 Å². The fraction of sp³-hybridized carbons (Fsp3) is 0.421. The number of hydrogen-bond acceptors (Lipinski definition) is 6. The topological polar surface area (TPSA) is 102 Å². The zero-order valence-electron chi connectivity index (χ0n) is 14.7. The van der Waals surface area contributed by atoms with E-state index in [-0.39, 0.29) is 18.3 Å². The first kappa shape index (κ1) is 18.0. The molecule has 0 aliphatic heterocycles. The molecule has 0 bridgehead atoms. The zero-order valence-corrected chi connectivity index (χ0v) is 14.7. The smallest absolute Gasteiger partial charge is 0.375 e. The number of para-hydroxylation sites is 1. The Morgan fingerprint density at radius 2 is 2.12 bits per heavy atom. The number of esters is 1. The molecule has 2 aromatic rings. The third-order valence-corrected chi connectivity index (χ3v) is 4.53. The first-order chi connectivity index (χ1) is 12.5. The molecule has 0 saturated heterocycles. The van der Waals surface area contributed by atoms with E-state index >= 15 is 0 Å². The van der Waals surface area contributed by atoms with E-state index in [9.17, 15) is 14.9 Å². The summed E-state index contributed by atoms with van der Waals surface area (Å²) in [5.74, 6) is -1.09. The third kappa shape index (κ3) is 3.55. The first-order valence-electron chi connectivity index (χ1n) is 8.37. The number of furan rings is 1. The minimum Gasteiger partial charge on any atom is -0.450 e. The molecule has 1 aromatic carbocycles. The Hall–Kier alpha value is -2.85. The molecule has 1 saturated carbocycles. The monoisotopic (exact) mass is 356 g/mol. The van der Waals surface area contributed by atoms with E-state index in [2.05, 4.69) is 11.4 Å². The van der Waals surface area contributed by atoms with Crippen molar-refractivity contribution in [1.29, 1.82) is 5.26 Å². The van der Waals surface area contributed by atoms with Crippen LogP contribution in [0.3, 0.4) is 0 Å². The van der Waals surface area contributed by atoms with Gasteiger partial charge < -0.3 is 19.2 Å². The number of carbonyl (C=O) groups is 2. The van der Waals surface area contributed by atoms with E-state index < -0.39 is 24.0 Å². The van der Waals surface area contributed by atoms with Crippen LogP contribution in [0.1, 0.15) is 35.9 Å². The van der Waals surface area contributed by atoms with Crippen LogP contribution in [-0.2, 0) is 20.9 Å². The highest BCUT2D eigenvalue weighted by atomic mass is 16.5. The average molecular weight is 356 g/mol. The number of fused-ring (bicyclic) bond motifs is 1. The lowest BCUT2D eigenvalue weighted by molar-refractivity contribution is -0.125. The number of methoxy groups -OCH3 is 1. The van der Waals surface area contributed by atoms with Crippen LogP contribution in [-0.4, -0.2) is 31.1 Å². The Labute approximate surface area is 150 Å². The van der Waals surface area contributed by atoms with Crippen LogP contribution in [0.4, 0.5) is 0 Å². The van der Waals surface area contributed by atoms with Gasteiger partial charge in [0.25, 0.3) is 5.91 Å². The summed E-state index contributed by atoms with van der Waals surface area (Å²) in [6, 6.07) is 9.32. The van der Waals surface area contributed by atoms with Crippen molar-refractivity contribution in [3.63, 3.8) is 0 Å². The summed E-state index contributed by atoms with van der Waals surface area (Å²) in [7, 11) is 1.52. The molecule has 0 spiro atoms. The van der Waals surface area contributed by atoms with Gasteiger partial charge in [-0.05, 0) is 31.7 Å². The minimum absolute atomic E-state index is 0.0195. The van der Waals surface area contributed by atoms with Crippen molar-refractivity contribution in [1.82, 2.24) is 5.32 Å². The molecule has 1 aromatic heterocycles. The van der Waals surface area contributed by atoms with Crippen molar-refractivity contribution < 1.29 is 23.5 Å². The van der Waals surface area contributed by atoms with Crippen molar-refractivity contribution in [3.05, 3.63) is 35.6 Å². The average Bonchev–Trinajstić information content (AvgIpc) is 3.44. The van der Waals surface area contributed by atoms with Gasteiger partial charge in [-0.15, -0.1) is 0 Å². The molecule has 1 fully saturated rings. The van der Waals surface area contributed by atoms with Gasteiger partial charge in [-0.1, -0.05) is 18.2 Å². The Morgan fingerprint density at radius 3 is 2.77 bits per heavy atom. The van der Waals surface area contributed by atoms with Crippen molar-refractivity contribution in [2.24, 2.45) is 5.92 Å². The maximum atomic E-state index is 12.4. The molecule has 1 heterocycles. The summed E-state index contributed by atoms with van der Waals surface area (Å²) in [4.78, 5) is 24.5. The molecule has 7 heteroatoms. The molecule has 1 N–H and O–H groups in total. The second-order valence-corrected chi connectivity index (χ2v) is 6.55. The molecule has 136 valence electrons. The predicted octanol–water partition coefficient (Wildman–Crippen LogP) is 2.54. The van der Waals surface area contributed by atoms with Gasteiger partial charge in [-0.25, -0.2) is 4.79 Å². The second kappa shape index (κ2) is 7.18. The Bertz CT molecular complexity index is 878.